The lowest BCUT2D eigenvalue weighted by Crippen LogP contribution is -2.13. The van der Waals surface area contributed by atoms with Gasteiger partial charge in [-0.1, -0.05) is 17.9 Å². The highest BCUT2D eigenvalue weighted by molar-refractivity contribution is 5.21. The normalized spacial score (nSPS) is 12.7. The Morgan fingerprint density at radius 2 is 2.00 bits per heavy atom. The first-order valence-corrected chi connectivity index (χ1v) is 4.37. The van der Waals surface area contributed by atoms with Crippen LogP contribution < -0.4 is 0 Å². The Morgan fingerprint density at radius 3 is 2.38 bits per heavy atom. The van der Waals surface area contributed by atoms with Crippen molar-refractivity contribution in [2.75, 3.05) is 20.6 Å². The molecule has 0 aliphatic carbocycles. The molecule has 0 saturated carbocycles. The number of hydrogen-bond acceptors (Lipinski definition) is 1. The lowest BCUT2D eigenvalue weighted by atomic mass is 9.92. The zero-order valence-corrected chi connectivity index (χ0v) is 9.11. The molecular formula is C11H18FN. The Morgan fingerprint density at radius 1 is 1.46 bits per heavy atom. The van der Waals surface area contributed by atoms with Crippen LogP contribution in [0.1, 0.15) is 20.8 Å². The van der Waals surface area contributed by atoms with Gasteiger partial charge in [0.1, 0.15) is 5.83 Å². The third-order valence-corrected chi connectivity index (χ3v) is 1.65. The Kier molecular flexibility index (Phi) is 4.72. The monoisotopic (exact) mass is 183 g/mol. The van der Waals surface area contributed by atoms with Gasteiger partial charge in [-0.2, -0.15) is 0 Å². The van der Waals surface area contributed by atoms with Gasteiger partial charge in [-0.15, -0.1) is 0 Å². The number of halogens is 1. The summed E-state index contributed by atoms with van der Waals surface area (Å²) in [6.07, 6.45) is 1.46. The second kappa shape index (κ2) is 5.04. The van der Waals surface area contributed by atoms with Gasteiger partial charge in [-0.3, -0.25) is 4.90 Å². The van der Waals surface area contributed by atoms with E-state index < -0.39 is 5.41 Å². The lowest BCUT2D eigenvalue weighted by Gasteiger charge is -2.14. The van der Waals surface area contributed by atoms with E-state index in [0.717, 1.165) is 0 Å². The maximum Gasteiger partial charge on any atom is 0.113 e. The summed E-state index contributed by atoms with van der Waals surface area (Å²) in [5.74, 6) is 5.67. The zero-order valence-electron chi connectivity index (χ0n) is 9.11. The highest BCUT2D eigenvalue weighted by Gasteiger charge is 2.19. The minimum absolute atomic E-state index is 0.168. The van der Waals surface area contributed by atoms with Crippen molar-refractivity contribution in [2.45, 2.75) is 20.8 Å². The molecule has 0 amide bonds. The summed E-state index contributed by atoms with van der Waals surface area (Å²) in [4.78, 5) is 1.96. The first-order valence-electron chi connectivity index (χ1n) is 4.37. The van der Waals surface area contributed by atoms with Crippen molar-refractivity contribution >= 4 is 0 Å². The van der Waals surface area contributed by atoms with Gasteiger partial charge in [0.2, 0.25) is 0 Å². The predicted molar refractivity (Wildman–Crippen MR) is 55.0 cm³/mol. The van der Waals surface area contributed by atoms with Crippen LogP contribution in [-0.4, -0.2) is 25.5 Å². The SMILES string of the molecule is C/C=C(/F)C(C)(C)C#CCN(C)C. The van der Waals surface area contributed by atoms with E-state index in [1.165, 1.54) is 6.08 Å². The Balaban J connectivity index is 4.38. The quantitative estimate of drug-likeness (QED) is 0.594. The molecule has 0 aliphatic rings. The molecule has 0 spiro atoms. The summed E-state index contributed by atoms with van der Waals surface area (Å²) in [5, 5.41) is 0. The molecule has 0 atom stereocenters. The van der Waals surface area contributed by atoms with E-state index in [9.17, 15) is 4.39 Å². The molecule has 1 nitrogen and oxygen atoms in total. The zero-order chi connectivity index (χ0) is 10.5. The second-order valence-corrected chi connectivity index (χ2v) is 3.80. The lowest BCUT2D eigenvalue weighted by molar-refractivity contribution is 0.437. The molecule has 0 saturated heterocycles. The van der Waals surface area contributed by atoms with Crippen LogP contribution in [0.4, 0.5) is 4.39 Å². The number of allylic oxidation sites excluding steroid dienone is 2. The van der Waals surface area contributed by atoms with E-state index in [4.69, 9.17) is 0 Å². The van der Waals surface area contributed by atoms with E-state index in [-0.39, 0.29) is 5.83 Å². The van der Waals surface area contributed by atoms with Crippen LogP contribution in [0.3, 0.4) is 0 Å². The van der Waals surface area contributed by atoms with Gasteiger partial charge in [0, 0.05) is 0 Å². The van der Waals surface area contributed by atoms with Gasteiger partial charge in [-0.25, -0.2) is 4.39 Å². The minimum Gasteiger partial charge on any atom is -0.299 e. The average molecular weight is 183 g/mol. The van der Waals surface area contributed by atoms with Crippen molar-refractivity contribution in [3.8, 4) is 11.8 Å². The third kappa shape index (κ3) is 4.69. The van der Waals surface area contributed by atoms with Crippen molar-refractivity contribution in [3.63, 3.8) is 0 Å². The fraction of sp³-hybridized carbons (Fsp3) is 0.636. The highest BCUT2D eigenvalue weighted by atomic mass is 19.1. The van der Waals surface area contributed by atoms with Gasteiger partial charge in [-0.05, 0) is 34.9 Å². The number of hydrogen-bond donors (Lipinski definition) is 0. The van der Waals surface area contributed by atoms with E-state index in [2.05, 4.69) is 11.8 Å². The number of nitrogens with zero attached hydrogens (tertiary/aromatic N) is 1. The average Bonchev–Trinajstić information content (AvgIpc) is 2.01. The van der Waals surface area contributed by atoms with E-state index in [1.807, 2.05) is 19.0 Å². The first kappa shape index (κ1) is 12.2. The Bertz CT molecular complexity index is 241. The molecule has 74 valence electrons. The fourth-order valence-corrected chi connectivity index (χ4v) is 0.839. The molecule has 0 aliphatic heterocycles. The van der Waals surface area contributed by atoms with Crippen molar-refractivity contribution in [1.82, 2.24) is 4.90 Å². The molecule has 0 fully saturated rings. The summed E-state index contributed by atoms with van der Waals surface area (Å²) in [6.45, 7) is 5.92. The van der Waals surface area contributed by atoms with Crippen LogP contribution in [0.15, 0.2) is 11.9 Å². The topological polar surface area (TPSA) is 3.24 Å². The van der Waals surface area contributed by atoms with Gasteiger partial charge < -0.3 is 0 Å². The van der Waals surface area contributed by atoms with Crippen molar-refractivity contribution in [2.24, 2.45) is 5.41 Å². The van der Waals surface area contributed by atoms with Gasteiger partial charge in [0.15, 0.2) is 0 Å². The maximum absolute atomic E-state index is 13.2. The van der Waals surface area contributed by atoms with Crippen LogP contribution in [0.5, 0.6) is 0 Å². The summed E-state index contributed by atoms with van der Waals surface area (Å²) in [7, 11) is 3.88. The summed E-state index contributed by atoms with van der Waals surface area (Å²) in [6, 6.07) is 0. The molecule has 0 aromatic heterocycles. The molecule has 13 heavy (non-hydrogen) atoms. The van der Waals surface area contributed by atoms with Crippen LogP contribution in [-0.2, 0) is 0 Å². The highest BCUT2D eigenvalue weighted by Crippen LogP contribution is 2.25. The number of rotatable bonds is 2. The second-order valence-electron chi connectivity index (χ2n) is 3.80. The van der Waals surface area contributed by atoms with Crippen molar-refractivity contribution in [1.29, 1.82) is 0 Å². The molecule has 2 heteroatoms. The van der Waals surface area contributed by atoms with Crippen LogP contribution in [0.2, 0.25) is 0 Å². The Labute approximate surface area is 80.6 Å². The van der Waals surface area contributed by atoms with E-state index in [0.29, 0.717) is 6.54 Å². The molecular weight excluding hydrogens is 165 g/mol. The summed E-state index contributed by atoms with van der Waals surface area (Å²) < 4.78 is 13.2. The molecule has 0 unspecified atom stereocenters. The molecule has 0 N–H and O–H groups in total. The van der Waals surface area contributed by atoms with Crippen LogP contribution in [0.25, 0.3) is 0 Å². The molecule has 0 rings (SSSR count). The molecule has 0 bridgehead atoms. The van der Waals surface area contributed by atoms with Gasteiger partial charge in [0.05, 0.1) is 12.0 Å². The van der Waals surface area contributed by atoms with E-state index >= 15 is 0 Å². The predicted octanol–water partition coefficient (Wildman–Crippen LogP) is 2.45. The van der Waals surface area contributed by atoms with Crippen molar-refractivity contribution < 1.29 is 4.39 Å². The molecule has 0 aromatic rings. The minimum atomic E-state index is -0.648. The van der Waals surface area contributed by atoms with E-state index in [1.54, 1.807) is 20.8 Å². The fourth-order valence-electron chi connectivity index (χ4n) is 0.839. The van der Waals surface area contributed by atoms with Gasteiger partial charge in [0.25, 0.3) is 0 Å². The summed E-state index contributed by atoms with van der Waals surface area (Å²) >= 11 is 0. The largest absolute Gasteiger partial charge is 0.299 e. The van der Waals surface area contributed by atoms with Crippen LogP contribution in [0, 0.1) is 17.3 Å². The van der Waals surface area contributed by atoms with Crippen LogP contribution >= 0.6 is 0 Å². The third-order valence-electron chi connectivity index (χ3n) is 1.65. The summed E-state index contributed by atoms with van der Waals surface area (Å²) in [5.41, 5.74) is -0.648. The maximum atomic E-state index is 13.2. The Hall–Kier alpha value is -0.810. The first-order chi connectivity index (χ1) is 5.90. The van der Waals surface area contributed by atoms with Crippen molar-refractivity contribution in [3.05, 3.63) is 11.9 Å². The molecule has 0 heterocycles. The van der Waals surface area contributed by atoms with Gasteiger partial charge >= 0.3 is 0 Å². The smallest absolute Gasteiger partial charge is 0.113 e. The molecule has 0 radical (unpaired) electrons. The molecule has 0 aromatic carbocycles. The standard InChI is InChI=1S/C11H18FN/c1-6-10(12)11(2,3)8-7-9-13(4)5/h6H,9H2,1-5H3/b10-6+.